The van der Waals surface area contributed by atoms with E-state index >= 15 is 0 Å². The van der Waals surface area contributed by atoms with Crippen molar-refractivity contribution in [3.05, 3.63) is 36.9 Å². The zero-order valence-corrected chi connectivity index (χ0v) is 17.6. The molecule has 2 N–H and O–H groups in total. The Hall–Kier alpha value is -2.81. The van der Waals surface area contributed by atoms with E-state index < -0.39 is 0 Å². The Kier molecular flexibility index (Phi) is 4.77. The molecule has 0 unspecified atom stereocenters. The summed E-state index contributed by atoms with van der Waals surface area (Å²) in [7, 11) is 6.36. The standard InChI is InChI=1S/C19H24B3N7O/c20-19(21,22)30-12-3-1-11(2-4-12)26-18-24-10-14-13(9-23-17(14)28-18)15-6-8-29-16(27-15)5-7-25-29/h5-12H,1-4,20-22H2,(H2,23,24,26,28)/t11-,12+. The molecule has 0 aliphatic heterocycles. The first kappa shape index (κ1) is 19.2. The van der Waals surface area contributed by atoms with Crippen molar-refractivity contribution in [1.29, 1.82) is 0 Å². The van der Waals surface area contributed by atoms with Gasteiger partial charge in [-0.1, -0.05) is 0 Å². The number of rotatable bonds is 5. The van der Waals surface area contributed by atoms with Gasteiger partial charge in [-0.3, -0.25) is 0 Å². The van der Waals surface area contributed by atoms with Crippen LogP contribution in [0.2, 0.25) is 0 Å². The number of H-pyrrole nitrogens is 1. The normalized spacial score (nSPS) is 20.0. The van der Waals surface area contributed by atoms with Crippen molar-refractivity contribution in [1.82, 2.24) is 29.5 Å². The second kappa shape index (κ2) is 7.47. The van der Waals surface area contributed by atoms with E-state index in [0.717, 1.165) is 53.6 Å². The van der Waals surface area contributed by atoms with Crippen molar-refractivity contribution in [3.8, 4) is 11.3 Å². The summed E-state index contributed by atoms with van der Waals surface area (Å²) in [5.74, 6) is 0.662. The highest BCUT2D eigenvalue weighted by molar-refractivity contribution is 6.58. The van der Waals surface area contributed by atoms with Gasteiger partial charge in [0.05, 0.1) is 18.0 Å². The Morgan fingerprint density at radius 3 is 2.77 bits per heavy atom. The second-order valence-electron chi connectivity index (χ2n) is 8.95. The smallest absolute Gasteiger partial charge is 0.224 e. The van der Waals surface area contributed by atoms with E-state index in [-0.39, 0.29) is 5.30 Å². The van der Waals surface area contributed by atoms with Gasteiger partial charge in [-0.25, -0.2) is 14.5 Å². The number of fused-ring (bicyclic) bond motifs is 2. The number of ether oxygens (including phenoxy) is 1. The Balaban J connectivity index is 1.29. The largest absolute Gasteiger partial charge is 0.398 e. The Morgan fingerprint density at radius 1 is 1.13 bits per heavy atom. The Morgan fingerprint density at radius 2 is 1.97 bits per heavy atom. The van der Waals surface area contributed by atoms with E-state index in [4.69, 9.17) is 9.72 Å². The molecule has 0 saturated heterocycles. The third-order valence-corrected chi connectivity index (χ3v) is 5.49. The molecule has 8 nitrogen and oxygen atoms in total. The zero-order valence-electron chi connectivity index (χ0n) is 17.6. The van der Waals surface area contributed by atoms with Crippen LogP contribution in [0.1, 0.15) is 25.7 Å². The summed E-state index contributed by atoms with van der Waals surface area (Å²) in [5.41, 5.74) is 3.48. The monoisotopic (exact) mass is 399 g/mol. The fourth-order valence-corrected chi connectivity index (χ4v) is 4.16. The quantitative estimate of drug-likeness (QED) is 0.457. The van der Waals surface area contributed by atoms with Crippen molar-refractivity contribution >= 4 is 46.2 Å². The molecule has 1 fully saturated rings. The molecule has 11 heteroatoms. The highest BCUT2D eigenvalue weighted by Gasteiger charge is 2.25. The van der Waals surface area contributed by atoms with Crippen LogP contribution in [0.5, 0.6) is 0 Å². The number of nitrogens with zero attached hydrogens (tertiary/aromatic N) is 5. The van der Waals surface area contributed by atoms with Crippen LogP contribution in [0.4, 0.5) is 5.95 Å². The van der Waals surface area contributed by atoms with Gasteiger partial charge in [0.25, 0.3) is 0 Å². The molecule has 1 saturated carbocycles. The summed E-state index contributed by atoms with van der Waals surface area (Å²) < 4.78 is 7.87. The summed E-state index contributed by atoms with van der Waals surface area (Å²) in [6.45, 7) is 0. The maximum Gasteiger partial charge on any atom is 0.224 e. The molecule has 1 aliphatic carbocycles. The molecule has 5 rings (SSSR count). The van der Waals surface area contributed by atoms with Crippen molar-refractivity contribution in [2.24, 2.45) is 0 Å². The number of anilines is 1. The van der Waals surface area contributed by atoms with Crippen molar-refractivity contribution in [2.45, 2.75) is 43.1 Å². The third kappa shape index (κ3) is 3.94. The molecule has 4 heterocycles. The van der Waals surface area contributed by atoms with Gasteiger partial charge in [0, 0.05) is 41.6 Å². The van der Waals surface area contributed by atoms with E-state index in [1.165, 1.54) is 0 Å². The molecule has 30 heavy (non-hydrogen) atoms. The number of nitrogens with one attached hydrogen (secondary N) is 2. The van der Waals surface area contributed by atoms with Gasteiger partial charge in [-0.05, 0) is 37.0 Å². The predicted octanol–water partition coefficient (Wildman–Crippen LogP) is -0.0821. The first-order valence-corrected chi connectivity index (χ1v) is 10.5. The molecular weight excluding hydrogens is 375 g/mol. The molecule has 0 amide bonds. The number of hydrogen-bond donors (Lipinski definition) is 2. The van der Waals surface area contributed by atoms with Crippen LogP contribution < -0.4 is 5.32 Å². The van der Waals surface area contributed by atoms with E-state index in [0.29, 0.717) is 18.1 Å². The molecule has 0 radical (unpaired) electrons. The number of aromatic nitrogens is 6. The minimum atomic E-state index is -0.0815. The molecule has 1 aliphatic rings. The van der Waals surface area contributed by atoms with E-state index in [2.05, 4.69) is 48.9 Å². The van der Waals surface area contributed by atoms with Crippen molar-refractivity contribution in [2.75, 3.05) is 5.32 Å². The van der Waals surface area contributed by atoms with Gasteiger partial charge in [-0.2, -0.15) is 10.1 Å². The van der Waals surface area contributed by atoms with Crippen LogP contribution in [0, 0.1) is 0 Å². The molecule has 0 atom stereocenters. The summed E-state index contributed by atoms with van der Waals surface area (Å²) in [6.07, 6.45) is 12.1. The lowest BCUT2D eigenvalue weighted by molar-refractivity contribution is 0.0202. The Bertz CT molecular complexity index is 1180. The van der Waals surface area contributed by atoms with Crippen LogP contribution in [-0.2, 0) is 4.74 Å². The van der Waals surface area contributed by atoms with E-state index in [9.17, 15) is 0 Å². The molecule has 4 aromatic rings. The first-order valence-electron chi connectivity index (χ1n) is 10.5. The maximum atomic E-state index is 6.13. The third-order valence-electron chi connectivity index (χ3n) is 5.49. The summed E-state index contributed by atoms with van der Waals surface area (Å²) in [5, 5.41) is 8.58. The SMILES string of the molecule is BC(B)(B)O[C@H]1CC[C@@H](Nc2ncc3c(-c4ccn5nccc5n4)c[nH]c3n2)CC1. The van der Waals surface area contributed by atoms with Gasteiger partial charge in [-0.15, -0.1) is 0 Å². The number of hydrogen-bond acceptors (Lipinski definition) is 6. The minimum Gasteiger partial charge on any atom is -0.398 e. The minimum absolute atomic E-state index is 0.0815. The average Bonchev–Trinajstić information content (AvgIpc) is 3.34. The molecule has 4 aromatic heterocycles. The predicted molar refractivity (Wildman–Crippen MR) is 125 cm³/mol. The molecule has 0 spiro atoms. The van der Waals surface area contributed by atoms with E-state index in [1.54, 1.807) is 10.7 Å². The van der Waals surface area contributed by atoms with Crippen LogP contribution >= 0.6 is 0 Å². The highest BCUT2D eigenvalue weighted by Crippen LogP contribution is 2.28. The molecule has 0 bridgehead atoms. The molecule has 0 aromatic carbocycles. The van der Waals surface area contributed by atoms with Gasteiger partial charge in [0.15, 0.2) is 5.65 Å². The maximum absolute atomic E-state index is 6.13. The molecular formula is C19H24B3N7O. The topological polar surface area (TPSA) is 93.0 Å². The fraction of sp³-hybridized carbons (Fsp3) is 0.368. The van der Waals surface area contributed by atoms with E-state index in [1.807, 2.05) is 30.7 Å². The zero-order chi connectivity index (χ0) is 20.7. The lowest BCUT2D eigenvalue weighted by atomic mass is 9.52. The van der Waals surface area contributed by atoms with Crippen molar-refractivity contribution in [3.63, 3.8) is 0 Å². The first-order chi connectivity index (χ1) is 14.4. The summed E-state index contributed by atoms with van der Waals surface area (Å²) in [4.78, 5) is 17.2. The summed E-state index contributed by atoms with van der Waals surface area (Å²) in [6, 6.07) is 4.22. The van der Waals surface area contributed by atoms with Crippen LogP contribution in [0.3, 0.4) is 0 Å². The van der Waals surface area contributed by atoms with Gasteiger partial charge in [0.1, 0.15) is 29.2 Å². The van der Waals surface area contributed by atoms with Crippen LogP contribution in [0.15, 0.2) is 36.9 Å². The Labute approximate surface area is 177 Å². The average molecular weight is 399 g/mol. The highest BCUT2D eigenvalue weighted by atomic mass is 16.5. The van der Waals surface area contributed by atoms with Crippen LogP contribution in [0.25, 0.3) is 27.9 Å². The van der Waals surface area contributed by atoms with Gasteiger partial charge in [0.2, 0.25) is 5.95 Å². The van der Waals surface area contributed by atoms with Crippen LogP contribution in [-0.4, -0.2) is 70.5 Å². The van der Waals surface area contributed by atoms with Gasteiger partial charge < -0.3 is 15.0 Å². The lowest BCUT2D eigenvalue weighted by Gasteiger charge is -2.34. The van der Waals surface area contributed by atoms with Crippen molar-refractivity contribution < 1.29 is 4.74 Å². The fourth-order valence-electron chi connectivity index (χ4n) is 4.16. The second-order valence-corrected chi connectivity index (χ2v) is 8.95. The summed E-state index contributed by atoms with van der Waals surface area (Å²) >= 11 is 0. The lowest BCUT2D eigenvalue weighted by Crippen LogP contribution is -2.41. The van der Waals surface area contributed by atoms with Gasteiger partial charge >= 0.3 is 0 Å². The number of aromatic amines is 1. The molecule has 150 valence electrons.